The molecule has 0 radical (unpaired) electrons. The molecule has 2 bridgehead atoms. The summed E-state index contributed by atoms with van der Waals surface area (Å²) in [6.07, 6.45) is 3.51. The van der Waals surface area contributed by atoms with E-state index in [0.29, 0.717) is 6.42 Å². The number of hydrogen-bond acceptors (Lipinski definition) is 7. The van der Waals surface area contributed by atoms with Crippen molar-refractivity contribution in [3.05, 3.63) is 58.2 Å². The molecule has 7 heteroatoms. The fraction of sp³-hybridized carbons (Fsp3) is 0.200. The van der Waals surface area contributed by atoms with E-state index in [4.69, 9.17) is 9.47 Å². The topological polar surface area (TPSA) is 113 Å². The van der Waals surface area contributed by atoms with Crippen LogP contribution >= 0.6 is 0 Å². The summed E-state index contributed by atoms with van der Waals surface area (Å²) in [7, 11) is 0. The highest BCUT2D eigenvalue weighted by Crippen LogP contribution is 2.51. The monoisotopic (exact) mass is 366 g/mol. The predicted octanol–water partition coefficient (Wildman–Crippen LogP) is 2.71. The summed E-state index contributed by atoms with van der Waals surface area (Å²) in [6.45, 7) is 1.75. The van der Waals surface area contributed by atoms with Gasteiger partial charge in [-0.3, -0.25) is 9.59 Å². The van der Waals surface area contributed by atoms with Crippen molar-refractivity contribution in [1.82, 2.24) is 0 Å². The molecule has 27 heavy (non-hydrogen) atoms. The third-order valence-corrected chi connectivity index (χ3v) is 5.13. The Balaban J connectivity index is 1.80. The molecule has 0 fully saturated rings. The minimum absolute atomic E-state index is 0.0405. The Morgan fingerprint density at radius 3 is 2.56 bits per heavy atom. The lowest BCUT2D eigenvalue weighted by molar-refractivity contribution is -0.211. The molecule has 0 aromatic heterocycles. The van der Waals surface area contributed by atoms with Crippen LogP contribution in [-0.4, -0.2) is 32.7 Å². The summed E-state index contributed by atoms with van der Waals surface area (Å²) in [5.74, 6) is -3.22. The molecule has 0 saturated carbocycles. The summed E-state index contributed by atoms with van der Waals surface area (Å²) < 4.78 is 11.7. The Morgan fingerprint density at radius 2 is 1.78 bits per heavy atom. The Bertz CT molecular complexity index is 1100. The largest absolute Gasteiger partial charge is 0.508 e. The number of aromatic hydroxyl groups is 3. The van der Waals surface area contributed by atoms with Crippen LogP contribution in [0.15, 0.2) is 30.4 Å². The highest BCUT2D eigenvalue weighted by molar-refractivity contribution is 6.30. The van der Waals surface area contributed by atoms with Gasteiger partial charge in [-0.05, 0) is 12.1 Å². The minimum atomic E-state index is -0.927. The molecule has 1 aliphatic carbocycles. The van der Waals surface area contributed by atoms with Gasteiger partial charge in [0.05, 0.1) is 16.7 Å². The van der Waals surface area contributed by atoms with Crippen LogP contribution in [0.25, 0.3) is 0 Å². The van der Waals surface area contributed by atoms with E-state index in [2.05, 4.69) is 0 Å². The van der Waals surface area contributed by atoms with E-state index in [1.807, 2.05) is 6.08 Å². The molecule has 0 amide bonds. The zero-order valence-electron chi connectivity index (χ0n) is 14.1. The van der Waals surface area contributed by atoms with E-state index in [1.165, 1.54) is 6.07 Å². The highest BCUT2D eigenvalue weighted by Gasteiger charge is 2.44. The second-order valence-electron chi connectivity index (χ2n) is 7.01. The van der Waals surface area contributed by atoms with Gasteiger partial charge in [0.25, 0.3) is 0 Å². The normalized spacial score (nSPS) is 24.7. The summed E-state index contributed by atoms with van der Waals surface area (Å²) in [4.78, 5) is 25.9. The first kappa shape index (κ1) is 15.9. The zero-order valence-corrected chi connectivity index (χ0v) is 14.1. The Kier molecular flexibility index (Phi) is 2.88. The predicted molar refractivity (Wildman–Crippen MR) is 91.4 cm³/mol. The molecule has 3 N–H and O–H groups in total. The Labute approximate surface area is 153 Å². The molecular formula is C20H14O7. The van der Waals surface area contributed by atoms with Gasteiger partial charge in [0, 0.05) is 30.5 Å². The van der Waals surface area contributed by atoms with Gasteiger partial charge in [-0.1, -0.05) is 12.2 Å². The number of carbonyl (C=O) groups excluding carboxylic acids is 2. The Morgan fingerprint density at radius 1 is 1.04 bits per heavy atom. The quantitative estimate of drug-likeness (QED) is 0.524. The van der Waals surface area contributed by atoms with Crippen molar-refractivity contribution in [2.45, 2.75) is 25.2 Å². The van der Waals surface area contributed by atoms with Gasteiger partial charge in [0.1, 0.15) is 29.1 Å². The number of benzene rings is 2. The molecule has 136 valence electrons. The Hall–Kier alpha value is -3.32. The number of hydrogen-bond donors (Lipinski definition) is 3. The maximum absolute atomic E-state index is 13.0. The lowest BCUT2D eigenvalue weighted by atomic mass is 9.80. The lowest BCUT2D eigenvalue weighted by Gasteiger charge is -2.42. The second kappa shape index (κ2) is 4.89. The maximum Gasteiger partial charge on any atom is 0.212 e. The molecule has 0 saturated heterocycles. The molecule has 5 rings (SSSR count). The van der Waals surface area contributed by atoms with Crippen molar-refractivity contribution < 1.29 is 34.4 Å². The zero-order chi connectivity index (χ0) is 19.1. The SMILES string of the molecule is CC12CC=CC(O1)c1c(cc3c(c1O)C(=O)c1c(O)cc(O)cc1C3=O)O2. The van der Waals surface area contributed by atoms with Crippen molar-refractivity contribution >= 4 is 11.6 Å². The van der Waals surface area contributed by atoms with Crippen LogP contribution in [-0.2, 0) is 4.74 Å². The lowest BCUT2D eigenvalue weighted by Crippen LogP contribution is -2.42. The van der Waals surface area contributed by atoms with Crippen molar-refractivity contribution in [3.8, 4) is 23.0 Å². The summed E-state index contributed by atoms with van der Waals surface area (Å²) >= 11 is 0. The molecule has 2 heterocycles. The number of carbonyl (C=O) groups is 2. The summed E-state index contributed by atoms with van der Waals surface area (Å²) in [6, 6.07) is 3.52. The number of ether oxygens (including phenoxy) is 2. The number of ketones is 2. The molecule has 7 nitrogen and oxygen atoms in total. The van der Waals surface area contributed by atoms with E-state index < -0.39 is 35.0 Å². The minimum Gasteiger partial charge on any atom is -0.508 e. The van der Waals surface area contributed by atoms with Crippen molar-refractivity contribution in [2.24, 2.45) is 0 Å². The first-order chi connectivity index (χ1) is 12.8. The molecule has 0 spiro atoms. The number of rotatable bonds is 0. The molecule has 2 aromatic rings. The van der Waals surface area contributed by atoms with Crippen molar-refractivity contribution in [2.75, 3.05) is 0 Å². The van der Waals surface area contributed by atoms with Gasteiger partial charge in [0.15, 0.2) is 5.78 Å². The van der Waals surface area contributed by atoms with Gasteiger partial charge >= 0.3 is 0 Å². The third-order valence-electron chi connectivity index (χ3n) is 5.13. The molecule has 2 aliphatic heterocycles. The summed E-state index contributed by atoms with van der Waals surface area (Å²) in [5.41, 5.74) is -0.349. The first-order valence-electron chi connectivity index (χ1n) is 8.38. The number of phenolic OH excluding ortho intramolecular Hbond substituents is 3. The van der Waals surface area contributed by atoms with Gasteiger partial charge < -0.3 is 24.8 Å². The molecule has 3 aliphatic rings. The molecule has 2 atom stereocenters. The van der Waals surface area contributed by atoms with Crippen LogP contribution in [0.4, 0.5) is 0 Å². The molecule has 2 aromatic carbocycles. The maximum atomic E-state index is 13.0. The first-order valence-corrected chi connectivity index (χ1v) is 8.38. The van der Waals surface area contributed by atoms with E-state index in [0.717, 1.165) is 12.1 Å². The molecule has 2 unspecified atom stereocenters. The fourth-order valence-electron chi connectivity index (χ4n) is 3.94. The van der Waals surface area contributed by atoms with Crippen LogP contribution in [0.5, 0.6) is 23.0 Å². The summed E-state index contributed by atoms with van der Waals surface area (Å²) in [5, 5.41) is 30.6. The van der Waals surface area contributed by atoms with E-state index in [9.17, 15) is 24.9 Å². The van der Waals surface area contributed by atoms with Gasteiger partial charge in [-0.2, -0.15) is 0 Å². The smallest absolute Gasteiger partial charge is 0.212 e. The van der Waals surface area contributed by atoms with E-state index in [-0.39, 0.29) is 39.3 Å². The van der Waals surface area contributed by atoms with Crippen LogP contribution < -0.4 is 4.74 Å². The van der Waals surface area contributed by atoms with Crippen molar-refractivity contribution in [3.63, 3.8) is 0 Å². The van der Waals surface area contributed by atoms with E-state index >= 15 is 0 Å². The highest BCUT2D eigenvalue weighted by atomic mass is 16.7. The van der Waals surface area contributed by atoms with Crippen LogP contribution in [0.2, 0.25) is 0 Å². The standard InChI is InChI=1S/C20H14O7/c1-20-4-2-3-12(26-20)16-13(27-20)7-10-15(19(16)25)18(24)14-9(17(10)23)5-8(21)6-11(14)22/h2-3,5-7,12,21-22,25H,4H2,1H3. The van der Waals surface area contributed by atoms with Crippen LogP contribution in [0.3, 0.4) is 0 Å². The third kappa shape index (κ3) is 2.00. The van der Waals surface area contributed by atoms with Crippen LogP contribution in [0, 0.1) is 0 Å². The number of fused-ring (bicyclic) bond motifs is 6. The van der Waals surface area contributed by atoms with E-state index in [1.54, 1.807) is 13.0 Å². The van der Waals surface area contributed by atoms with Gasteiger partial charge in [-0.25, -0.2) is 0 Å². The van der Waals surface area contributed by atoms with Crippen molar-refractivity contribution in [1.29, 1.82) is 0 Å². The molecular weight excluding hydrogens is 352 g/mol. The fourth-order valence-corrected chi connectivity index (χ4v) is 3.94. The average Bonchev–Trinajstić information content (AvgIpc) is 2.57. The second-order valence-corrected chi connectivity index (χ2v) is 7.01. The van der Waals surface area contributed by atoms with Crippen LogP contribution in [0.1, 0.15) is 56.9 Å². The number of phenols is 3. The van der Waals surface area contributed by atoms with Gasteiger partial charge in [-0.15, -0.1) is 0 Å². The van der Waals surface area contributed by atoms with Gasteiger partial charge in [0.2, 0.25) is 11.6 Å². The average molecular weight is 366 g/mol.